The van der Waals surface area contributed by atoms with Crippen molar-refractivity contribution in [2.45, 2.75) is 26.7 Å². The molecule has 1 amide bonds. The molecule has 0 bridgehead atoms. The zero-order valence-electron chi connectivity index (χ0n) is 12.2. The van der Waals surface area contributed by atoms with Crippen molar-refractivity contribution in [3.63, 3.8) is 0 Å². The Morgan fingerprint density at radius 3 is 2.35 bits per heavy atom. The number of anilines is 1. The molecule has 0 fully saturated rings. The van der Waals surface area contributed by atoms with Crippen molar-refractivity contribution < 1.29 is 9.72 Å². The van der Waals surface area contributed by atoms with E-state index in [1.54, 1.807) is 18.0 Å². The first-order chi connectivity index (χ1) is 9.54. The Hall–Kier alpha value is -2.11. The standard InChI is InChI=1S/C14H21N3O3/c1-4-8-16(9-5-2)14(18)11-6-7-13(17(19)20)12(10-11)15-3/h6-7,10,15H,4-5,8-9H2,1-3H3. The lowest BCUT2D eigenvalue weighted by atomic mass is 10.1. The van der Waals surface area contributed by atoms with E-state index in [1.807, 2.05) is 13.8 Å². The zero-order chi connectivity index (χ0) is 15.1. The lowest BCUT2D eigenvalue weighted by Gasteiger charge is -2.21. The number of nitrogens with zero attached hydrogens (tertiary/aromatic N) is 2. The number of carbonyl (C=O) groups is 1. The van der Waals surface area contributed by atoms with Crippen molar-refractivity contribution in [1.29, 1.82) is 0 Å². The summed E-state index contributed by atoms with van der Waals surface area (Å²) in [6.07, 6.45) is 1.77. The van der Waals surface area contributed by atoms with E-state index in [0.29, 0.717) is 24.3 Å². The van der Waals surface area contributed by atoms with Gasteiger partial charge in [-0.2, -0.15) is 0 Å². The summed E-state index contributed by atoms with van der Waals surface area (Å²) < 4.78 is 0. The molecule has 0 aliphatic rings. The zero-order valence-corrected chi connectivity index (χ0v) is 12.2. The normalized spacial score (nSPS) is 10.2. The van der Waals surface area contributed by atoms with Crippen molar-refractivity contribution in [2.75, 3.05) is 25.5 Å². The largest absolute Gasteiger partial charge is 0.383 e. The second kappa shape index (κ2) is 7.47. The molecule has 1 N–H and O–H groups in total. The first-order valence-corrected chi connectivity index (χ1v) is 6.80. The minimum Gasteiger partial charge on any atom is -0.383 e. The van der Waals surface area contributed by atoms with Gasteiger partial charge in [-0.25, -0.2) is 0 Å². The van der Waals surface area contributed by atoms with Gasteiger partial charge in [0, 0.05) is 31.8 Å². The Morgan fingerprint density at radius 1 is 1.30 bits per heavy atom. The van der Waals surface area contributed by atoms with Gasteiger partial charge in [0.25, 0.3) is 11.6 Å². The van der Waals surface area contributed by atoms with Gasteiger partial charge in [0.2, 0.25) is 0 Å². The number of benzene rings is 1. The van der Waals surface area contributed by atoms with E-state index in [0.717, 1.165) is 12.8 Å². The molecule has 20 heavy (non-hydrogen) atoms. The van der Waals surface area contributed by atoms with Crippen LogP contribution in [0.25, 0.3) is 0 Å². The molecular formula is C14H21N3O3. The van der Waals surface area contributed by atoms with E-state index in [-0.39, 0.29) is 11.6 Å². The minimum atomic E-state index is -0.462. The fourth-order valence-electron chi connectivity index (χ4n) is 2.07. The van der Waals surface area contributed by atoms with E-state index in [1.165, 1.54) is 12.1 Å². The van der Waals surface area contributed by atoms with Gasteiger partial charge >= 0.3 is 0 Å². The smallest absolute Gasteiger partial charge is 0.292 e. The maximum absolute atomic E-state index is 12.4. The van der Waals surface area contributed by atoms with Gasteiger partial charge in [0.05, 0.1) is 4.92 Å². The summed E-state index contributed by atoms with van der Waals surface area (Å²) >= 11 is 0. The van der Waals surface area contributed by atoms with Gasteiger partial charge in [-0.3, -0.25) is 14.9 Å². The highest BCUT2D eigenvalue weighted by Gasteiger charge is 2.19. The van der Waals surface area contributed by atoms with Crippen LogP contribution in [-0.2, 0) is 0 Å². The van der Waals surface area contributed by atoms with Crippen LogP contribution in [0.3, 0.4) is 0 Å². The lowest BCUT2D eigenvalue weighted by molar-refractivity contribution is -0.383. The van der Waals surface area contributed by atoms with Crippen LogP contribution in [0.2, 0.25) is 0 Å². The van der Waals surface area contributed by atoms with Gasteiger partial charge in [0.15, 0.2) is 0 Å². The van der Waals surface area contributed by atoms with Crippen LogP contribution in [0.1, 0.15) is 37.0 Å². The SMILES string of the molecule is CCCN(CCC)C(=O)c1ccc([N+](=O)[O-])c(NC)c1. The molecule has 0 radical (unpaired) electrons. The number of carbonyl (C=O) groups excluding carboxylic acids is 1. The van der Waals surface area contributed by atoms with Crippen LogP contribution in [-0.4, -0.2) is 35.9 Å². The van der Waals surface area contributed by atoms with Gasteiger partial charge < -0.3 is 10.2 Å². The predicted octanol–water partition coefficient (Wildman–Crippen LogP) is 2.90. The molecule has 0 saturated heterocycles. The molecule has 1 aromatic carbocycles. The number of hydrogen-bond acceptors (Lipinski definition) is 4. The number of nitro groups is 1. The quantitative estimate of drug-likeness (QED) is 0.615. The van der Waals surface area contributed by atoms with E-state index < -0.39 is 4.92 Å². The first-order valence-electron chi connectivity index (χ1n) is 6.80. The molecule has 6 heteroatoms. The van der Waals surface area contributed by atoms with Crippen LogP contribution in [0, 0.1) is 10.1 Å². The summed E-state index contributed by atoms with van der Waals surface area (Å²) in [6, 6.07) is 4.42. The van der Waals surface area contributed by atoms with Crippen molar-refractivity contribution in [2.24, 2.45) is 0 Å². The average molecular weight is 279 g/mol. The number of amides is 1. The Bertz CT molecular complexity index is 483. The van der Waals surface area contributed by atoms with Gasteiger partial charge in [-0.15, -0.1) is 0 Å². The number of nitro benzene ring substituents is 1. The van der Waals surface area contributed by atoms with Gasteiger partial charge in [0.1, 0.15) is 5.69 Å². The summed E-state index contributed by atoms with van der Waals surface area (Å²) in [4.78, 5) is 24.6. The maximum Gasteiger partial charge on any atom is 0.292 e. The van der Waals surface area contributed by atoms with E-state index >= 15 is 0 Å². The molecule has 6 nitrogen and oxygen atoms in total. The second-order valence-electron chi connectivity index (χ2n) is 4.53. The minimum absolute atomic E-state index is 0.0263. The third-order valence-electron chi connectivity index (χ3n) is 2.98. The van der Waals surface area contributed by atoms with Crippen molar-refractivity contribution in [3.8, 4) is 0 Å². The first kappa shape index (κ1) is 15.9. The highest BCUT2D eigenvalue weighted by atomic mass is 16.6. The third-order valence-corrected chi connectivity index (χ3v) is 2.98. The molecule has 0 aromatic heterocycles. The van der Waals surface area contributed by atoms with Crippen molar-refractivity contribution >= 4 is 17.3 Å². The number of rotatable bonds is 7. The molecule has 0 aliphatic heterocycles. The number of nitrogens with one attached hydrogen (secondary N) is 1. The lowest BCUT2D eigenvalue weighted by Crippen LogP contribution is -2.32. The van der Waals surface area contributed by atoms with E-state index in [2.05, 4.69) is 5.32 Å². The van der Waals surface area contributed by atoms with E-state index in [4.69, 9.17) is 0 Å². The highest BCUT2D eigenvalue weighted by molar-refractivity contribution is 5.96. The molecule has 1 rings (SSSR count). The highest BCUT2D eigenvalue weighted by Crippen LogP contribution is 2.25. The molecule has 0 saturated carbocycles. The molecule has 0 aliphatic carbocycles. The average Bonchev–Trinajstić information content (AvgIpc) is 2.45. The monoisotopic (exact) mass is 279 g/mol. The Balaban J connectivity index is 3.06. The topological polar surface area (TPSA) is 75.5 Å². The Labute approximate surface area is 118 Å². The molecule has 1 aromatic rings. The predicted molar refractivity (Wildman–Crippen MR) is 79.1 cm³/mol. The van der Waals surface area contributed by atoms with Crippen molar-refractivity contribution in [3.05, 3.63) is 33.9 Å². The Kier molecular flexibility index (Phi) is 5.96. The second-order valence-corrected chi connectivity index (χ2v) is 4.53. The fourth-order valence-corrected chi connectivity index (χ4v) is 2.07. The van der Waals surface area contributed by atoms with Crippen LogP contribution < -0.4 is 5.32 Å². The molecule has 0 heterocycles. The van der Waals surface area contributed by atoms with Gasteiger partial charge in [-0.05, 0) is 25.0 Å². The Morgan fingerprint density at radius 2 is 1.90 bits per heavy atom. The molecular weight excluding hydrogens is 258 g/mol. The third kappa shape index (κ3) is 3.69. The molecule has 110 valence electrons. The van der Waals surface area contributed by atoms with Crippen LogP contribution in [0.15, 0.2) is 18.2 Å². The summed E-state index contributed by atoms with van der Waals surface area (Å²) in [5.74, 6) is -0.0832. The van der Waals surface area contributed by atoms with Crippen LogP contribution in [0.4, 0.5) is 11.4 Å². The summed E-state index contributed by atoms with van der Waals surface area (Å²) in [6.45, 7) is 5.42. The van der Waals surface area contributed by atoms with Gasteiger partial charge in [-0.1, -0.05) is 13.8 Å². The molecule has 0 spiro atoms. The maximum atomic E-state index is 12.4. The summed E-state index contributed by atoms with van der Waals surface area (Å²) in [5, 5.41) is 13.6. The van der Waals surface area contributed by atoms with E-state index in [9.17, 15) is 14.9 Å². The molecule has 0 atom stereocenters. The van der Waals surface area contributed by atoms with Crippen LogP contribution >= 0.6 is 0 Å². The fraction of sp³-hybridized carbons (Fsp3) is 0.500. The van der Waals surface area contributed by atoms with Crippen LogP contribution in [0.5, 0.6) is 0 Å². The summed E-state index contributed by atoms with van der Waals surface area (Å²) in [7, 11) is 1.60. The summed E-state index contributed by atoms with van der Waals surface area (Å²) in [5.41, 5.74) is 0.803. The number of hydrogen-bond donors (Lipinski definition) is 1. The van der Waals surface area contributed by atoms with Crippen molar-refractivity contribution in [1.82, 2.24) is 4.90 Å². The molecule has 0 unspecified atom stereocenters.